The van der Waals surface area contributed by atoms with Gasteiger partial charge in [0.25, 0.3) is 0 Å². The maximum Gasteiger partial charge on any atom is 0.164 e. The molecule has 0 unspecified atom stereocenters. The zero-order chi connectivity index (χ0) is 33.9. The van der Waals surface area contributed by atoms with Crippen LogP contribution in [0.3, 0.4) is 0 Å². The molecule has 0 aliphatic carbocycles. The first-order valence-corrected chi connectivity index (χ1v) is 17.1. The van der Waals surface area contributed by atoms with Gasteiger partial charge in [-0.2, -0.15) is 0 Å². The topological polar surface area (TPSA) is 91.2 Å². The van der Waals surface area contributed by atoms with Gasteiger partial charge in [-0.05, 0) is 36.4 Å². The molecule has 12 rings (SSSR count). The van der Waals surface area contributed by atoms with Gasteiger partial charge in [0.05, 0.1) is 0 Å². The predicted octanol–water partition coefficient (Wildman–Crippen LogP) is 12.5. The lowest BCUT2D eigenvalue weighted by Gasteiger charge is -2.10. The van der Waals surface area contributed by atoms with Gasteiger partial charge in [0.15, 0.2) is 17.5 Å². The maximum atomic E-state index is 6.45. The van der Waals surface area contributed by atoms with E-state index in [4.69, 9.17) is 32.6 Å². The number of aromatic nitrogens is 3. The third kappa shape index (κ3) is 3.87. The Morgan fingerprint density at radius 3 is 1.25 bits per heavy atom. The molecule has 12 aromatic rings. The number of fused-ring (bicyclic) bond motifs is 12. The molecule has 0 fully saturated rings. The summed E-state index contributed by atoms with van der Waals surface area (Å²) in [4.78, 5) is 15.5. The van der Waals surface area contributed by atoms with Crippen molar-refractivity contribution in [1.29, 1.82) is 0 Å². The van der Waals surface area contributed by atoms with Gasteiger partial charge in [-0.1, -0.05) is 91.0 Å². The largest absolute Gasteiger partial charge is 0.456 e. The Kier molecular flexibility index (Phi) is 5.38. The lowest BCUT2D eigenvalue weighted by molar-refractivity contribution is 0.655. The van der Waals surface area contributed by atoms with Crippen LogP contribution in [0.15, 0.2) is 157 Å². The Hall–Kier alpha value is -7.25. The SMILES string of the molecule is c1ccc(-c2nc(-c3cccc4oc5cc6oc7ccccc7c6cc5c34)nc(-c3cccc4oc5cc6oc7ccccc7c6cc5c34)n2)cc1. The smallest absolute Gasteiger partial charge is 0.164 e. The number of hydrogen-bond acceptors (Lipinski definition) is 7. The fourth-order valence-electron chi connectivity index (χ4n) is 7.80. The number of nitrogens with zero attached hydrogens (tertiary/aromatic N) is 3. The van der Waals surface area contributed by atoms with Crippen LogP contribution < -0.4 is 0 Å². The first kappa shape index (κ1) is 27.6. The second-order valence-corrected chi connectivity index (χ2v) is 13.1. The maximum absolute atomic E-state index is 6.45. The molecule has 52 heavy (non-hydrogen) atoms. The Balaban J connectivity index is 1.14. The van der Waals surface area contributed by atoms with E-state index in [0.717, 1.165) is 104 Å². The van der Waals surface area contributed by atoms with Crippen LogP contribution in [0, 0.1) is 0 Å². The zero-order valence-electron chi connectivity index (χ0n) is 27.3. The van der Waals surface area contributed by atoms with E-state index in [0.29, 0.717) is 17.5 Å². The minimum Gasteiger partial charge on any atom is -0.456 e. The average Bonchev–Trinajstić information content (AvgIpc) is 3.95. The monoisotopic (exact) mass is 669 g/mol. The normalized spacial score (nSPS) is 12.2. The van der Waals surface area contributed by atoms with E-state index >= 15 is 0 Å². The summed E-state index contributed by atoms with van der Waals surface area (Å²) < 4.78 is 25.3. The van der Waals surface area contributed by atoms with Crippen molar-refractivity contribution in [3.8, 4) is 34.2 Å². The van der Waals surface area contributed by atoms with E-state index in [1.165, 1.54) is 0 Å². The van der Waals surface area contributed by atoms with E-state index in [2.05, 4.69) is 36.4 Å². The number of rotatable bonds is 3. The molecular formula is C45H23N3O4. The van der Waals surface area contributed by atoms with E-state index < -0.39 is 0 Å². The van der Waals surface area contributed by atoms with E-state index in [1.807, 2.05) is 103 Å². The first-order chi connectivity index (χ1) is 25.7. The van der Waals surface area contributed by atoms with Crippen LogP contribution in [0.1, 0.15) is 0 Å². The number of furan rings is 4. The van der Waals surface area contributed by atoms with Gasteiger partial charge in [-0.3, -0.25) is 0 Å². The van der Waals surface area contributed by atoms with Gasteiger partial charge in [0, 0.05) is 71.9 Å². The summed E-state index contributed by atoms with van der Waals surface area (Å²) in [5, 5.41) is 7.96. The highest BCUT2D eigenvalue weighted by Crippen LogP contribution is 2.43. The molecule has 5 aromatic heterocycles. The van der Waals surface area contributed by atoms with Gasteiger partial charge in [0.2, 0.25) is 0 Å². The number of para-hydroxylation sites is 2. The van der Waals surface area contributed by atoms with Crippen LogP contribution in [0.25, 0.3) is 122 Å². The van der Waals surface area contributed by atoms with Crippen molar-refractivity contribution in [3.05, 3.63) is 140 Å². The van der Waals surface area contributed by atoms with Gasteiger partial charge in [-0.15, -0.1) is 0 Å². The minimum absolute atomic E-state index is 0.544. The van der Waals surface area contributed by atoms with Crippen molar-refractivity contribution >= 4 is 87.8 Å². The van der Waals surface area contributed by atoms with Crippen molar-refractivity contribution < 1.29 is 17.7 Å². The van der Waals surface area contributed by atoms with E-state index in [-0.39, 0.29) is 0 Å². The molecule has 0 spiro atoms. The van der Waals surface area contributed by atoms with E-state index in [1.54, 1.807) is 0 Å². The summed E-state index contributed by atoms with van der Waals surface area (Å²) in [6.45, 7) is 0. The molecule has 0 radical (unpaired) electrons. The molecule has 0 saturated heterocycles. The van der Waals surface area contributed by atoms with Crippen LogP contribution in [0.5, 0.6) is 0 Å². The lowest BCUT2D eigenvalue weighted by atomic mass is 10.0. The molecule has 242 valence electrons. The highest BCUT2D eigenvalue weighted by molar-refractivity contribution is 6.20. The van der Waals surface area contributed by atoms with Gasteiger partial charge in [0.1, 0.15) is 44.7 Å². The summed E-state index contributed by atoms with van der Waals surface area (Å²) in [6, 6.07) is 46.5. The molecule has 0 atom stereocenters. The second kappa shape index (κ2) is 10.2. The van der Waals surface area contributed by atoms with Crippen LogP contribution in [-0.4, -0.2) is 15.0 Å². The van der Waals surface area contributed by atoms with Crippen molar-refractivity contribution in [1.82, 2.24) is 15.0 Å². The lowest BCUT2D eigenvalue weighted by Crippen LogP contribution is -2.00. The van der Waals surface area contributed by atoms with Crippen molar-refractivity contribution in [3.63, 3.8) is 0 Å². The van der Waals surface area contributed by atoms with Crippen LogP contribution >= 0.6 is 0 Å². The number of benzene rings is 7. The average molecular weight is 670 g/mol. The van der Waals surface area contributed by atoms with Gasteiger partial charge < -0.3 is 17.7 Å². The Bertz CT molecular complexity index is 3220. The summed E-state index contributed by atoms with van der Waals surface area (Å²) in [7, 11) is 0. The Labute approximate surface area is 293 Å². The molecule has 7 aromatic carbocycles. The summed E-state index contributed by atoms with van der Waals surface area (Å²) in [5.41, 5.74) is 8.78. The Morgan fingerprint density at radius 2 is 0.712 bits per heavy atom. The van der Waals surface area contributed by atoms with Crippen LogP contribution in [0.4, 0.5) is 0 Å². The molecule has 7 heteroatoms. The van der Waals surface area contributed by atoms with Crippen LogP contribution in [-0.2, 0) is 0 Å². The zero-order valence-corrected chi connectivity index (χ0v) is 27.3. The third-order valence-corrected chi connectivity index (χ3v) is 10.1. The highest BCUT2D eigenvalue weighted by Gasteiger charge is 2.22. The first-order valence-electron chi connectivity index (χ1n) is 17.1. The summed E-state index contributed by atoms with van der Waals surface area (Å²) >= 11 is 0. The van der Waals surface area contributed by atoms with E-state index in [9.17, 15) is 0 Å². The molecule has 0 bridgehead atoms. The molecule has 0 N–H and O–H groups in total. The van der Waals surface area contributed by atoms with Crippen molar-refractivity contribution in [2.45, 2.75) is 0 Å². The van der Waals surface area contributed by atoms with Crippen molar-refractivity contribution in [2.24, 2.45) is 0 Å². The standard InChI is InChI=1S/C45H23N3O4/c1-2-10-24(11-3-1)43-46-44(27-14-8-18-35-41(27)31-20-29-25-12-4-6-16-33(25)49-37(29)22-39(31)51-35)48-45(47-43)28-15-9-19-36-42(28)32-21-30-26-13-5-7-17-34(26)50-38(30)23-40(32)52-36/h1-23H. The minimum atomic E-state index is 0.544. The highest BCUT2D eigenvalue weighted by atomic mass is 16.3. The molecule has 0 aliphatic rings. The molecule has 5 heterocycles. The molecule has 0 saturated carbocycles. The quantitative estimate of drug-likeness (QED) is 0.185. The molecular weight excluding hydrogens is 647 g/mol. The van der Waals surface area contributed by atoms with Gasteiger partial charge >= 0.3 is 0 Å². The molecule has 7 nitrogen and oxygen atoms in total. The second-order valence-electron chi connectivity index (χ2n) is 13.1. The Morgan fingerprint density at radius 1 is 0.288 bits per heavy atom. The summed E-state index contributed by atoms with van der Waals surface area (Å²) in [6.07, 6.45) is 0. The molecule has 0 amide bonds. The predicted molar refractivity (Wildman–Crippen MR) is 205 cm³/mol. The fraction of sp³-hybridized carbons (Fsp3) is 0. The fourth-order valence-corrected chi connectivity index (χ4v) is 7.80. The summed E-state index contributed by atoms with van der Waals surface area (Å²) in [5.74, 6) is 1.66. The van der Waals surface area contributed by atoms with Gasteiger partial charge in [-0.25, -0.2) is 15.0 Å². The third-order valence-electron chi connectivity index (χ3n) is 10.1. The van der Waals surface area contributed by atoms with Crippen LogP contribution in [0.2, 0.25) is 0 Å². The number of hydrogen-bond donors (Lipinski definition) is 0. The molecule has 0 aliphatic heterocycles. The van der Waals surface area contributed by atoms with Crippen molar-refractivity contribution in [2.75, 3.05) is 0 Å².